The van der Waals surface area contributed by atoms with Crippen LogP contribution in [0.3, 0.4) is 0 Å². The van der Waals surface area contributed by atoms with E-state index in [4.69, 9.17) is 21.6 Å². The van der Waals surface area contributed by atoms with Gasteiger partial charge in [0.05, 0.1) is 7.11 Å². The maximum atomic E-state index is 14.9. The molecule has 1 aliphatic rings. The molecular formula is C18H22FNO3. The first-order valence-electron chi connectivity index (χ1n) is 7.83. The van der Waals surface area contributed by atoms with Gasteiger partial charge in [-0.3, -0.25) is 4.79 Å². The molecular weight excluding hydrogens is 297 g/mol. The highest BCUT2D eigenvalue weighted by Crippen LogP contribution is 2.37. The summed E-state index contributed by atoms with van der Waals surface area (Å²) in [6.07, 6.45) is 11.2. The van der Waals surface area contributed by atoms with Crippen molar-refractivity contribution in [3.63, 3.8) is 0 Å². The van der Waals surface area contributed by atoms with E-state index in [-0.39, 0.29) is 23.7 Å². The van der Waals surface area contributed by atoms with Crippen LogP contribution in [-0.4, -0.2) is 19.6 Å². The molecule has 0 heterocycles. The second kappa shape index (κ2) is 7.87. The molecule has 2 rings (SSSR count). The van der Waals surface area contributed by atoms with Gasteiger partial charge in [-0.25, -0.2) is 4.39 Å². The standard InChI is InChI=1S/C18H22FNO3/c1-3-9-23-17-15(22-2)11-14(18(20)21)13(16(17)19)10-12-7-5-4-6-8-12/h1,11-12H,4-10H2,2H3,(H2,20,21). The predicted octanol–water partition coefficient (Wildman–Crippen LogP) is 3.07. The summed E-state index contributed by atoms with van der Waals surface area (Å²) >= 11 is 0. The third-order valence-electron chi connectivity index (χ3n) is 4.29. The maximum absolute atomic E-state index is 14.9. The fourth-order valence-electron chi connectivity index (χ4n) is 3.15. The summed E-state index contributed by atoms with van der Waals surface area (Å²) in [5, 5.41) is 0. The van der Waals surface area contributed by atoms with Crippen molar-refractivity contribution in [2.24, 2.45) is 11.7 Å². The number of hydrogen-bond donors (Lipinski definition) is 1. The number of terminal acetylenes is 1. The van der Waals surface area contributed by atoms with Crippen LogP contribution in [0.5, 0.6) is 11.5 Å². The van der Waals surface area contributed by atoms with Crippen molar-refractivity contribution in [3.05, 3.63) is 23.0 Å². The number of primary amides is 1. The second-order valence-corrected chi connectivity index (χ2v) is 5.81. The molecule has 1 aromatic carbocycles. The molecule has 0 unspecified atom stereocenters. The summed E-state index contributed by atoms with van der Waals surface area (Å²) in [6, 6.07) is 1.44. The van der Waals surface area contributed by atoms with Crippen LogP contribution in [0.4, 0.5) is 4.39 Å². The van der Waals surface area contributed by atoms with E-state index in [0.29, 0.717) is 17.9 Å². The molecule has 4 nitrogen and oxygen atoms in total. The zero-order chi connectivity index (χ0) is 16.8. The minimum absolute atomic E-state index is 0.0544. The number of methoxy groups -OCH3 is 1. The molecule has 0 aliphatic heterocycles. The van der Waals surface area contributed by atoms with Crippen LogP contribution < -0.4 is 15.2 Å². The number of halogens is 1. The molecule has 1 fully saturated rings. The Balaban J connectivity index is 2.43. The molecule has 0 radical (unpaired) electrons. The van der Waals surface area contributed by atoms with E-state index in [1.54, 1.807) is 0 Å². The fourth-order valence-corrected chi connectivity index (χ4v) is 3.15. The summed E-state index contributed by atoms with van der Waals surface area (Å²) in [4.78, 5) is 11.7. The van der Waals surface area contributed by atoms with E-state index in [1.807, 2.05) is 0 Å². The fraction of sp³-hybridized carbons (Fsp3) is 0.500. The van der Waals surface area contributed by atoms with Crippen LogP contribution in [0.15, 0.2) is 6.07 Å². The smallest absolute Gasteiger partial charge is 0.249 e. The van der Waals surface area contributed by atoms with Crippen LogP contribution in [0.2, 0.25) is 0 Å². The average Bonchev–Trinajstić information content (AvgIpc) is 2.56. The number of amides is 1. The van der Waals surface area contributed by atoms with Gasteiger partial charge < -0.3 is 15.2 Å². The van der Waals surface area contributed by atoms with E-state index in [0.717, 1.165) is 25.7 Å². The molecule has 124 valence electrons. The second-order valence-electron chi connectivity index (χ2n) is 5.81. The summed E-state index contributed by atoms with van der Waals surface area (Å²) in [6.45, 7) is -0.0773. The van der Waals surface area contributed by atoms with Crippen LogP contribution in [-0.2, 0) is 6.42 Å². The lowest BCUT2D eigenvalue weighted by Gasteiger charge is -2.23. The van der Waals surface area contributed by atoms with Gasteiger partial charge in [-0.15, -0.1) is 6.42 Å². The van der Waals surface area contributed by atoms with Gasteiger partial charge in [0.1, 0.15) is 6.61 Å². The average molecular weight is 319 g/mol. The van der Waals surface area contributed by atoms with E-state index >= 15 is 0 Å². The molecule has 2 N–H and O–H groups in total. The van der Waals surface area contributed by atoms with E-state index in [2.05, 4.69) is 5.92 Å². The SMILES string of the molecule is C#CCOc1c(OC)cc(C(N)=O)c(CC2CCCCC2)c1F. The largest absolute Gasteiger partial charge is 0.493 e. The Bertz CT molecular complexity index is 616. The molecule has 0 saturated heterocycles. The molecule has 1 amide bonds. The Labute approximate surface area is 136 Å². The van der Waals surface area contributed by atoms with Crippen LogP contribution in [0.25, 0.3) is 0 Å². The minimum Gasteiger partial charge on any atom is -0.493 e. The van der Waals surface area contributed by atoms with Gasteiger partial charge in [-0.1, -0.05) is 38.0 Å². The number of benzene rings is 1. The van der Waals surface area contributed by atoms with Gasteiger partial charge in [-0.05, 0) is 18.4 Å². The van der Waals surface area contributed by atoms with Gasteiger partial charge in [-0.2, -0.15) is 0 Å². The van der Waals surface area contributed by atoms with E-state index in [1.165, 1.54) is 19.6 Å². The van der Waals surface area contributed by atoms with Crippen molar-refractivity contribution in [3.8, 4) is 23.8 Å². The lowest BCUT2D eigenvalue weighted by molar-refractivity contribution is 0.0998. The summed E-state index contributed by atoms with van der Waals surface area (Å²) in [7, 11) is 1.38. The van der Waals surface area contributed by atoms with Gasteiger partial charge in [0.15, 0.2) is 17.3 Å². The molecule has 1 aliphatic carbocycles. The number of rotatable bonds is 6. The topological polar surface area (TPSA) is 61.6 Å². The summed E-state index contributed by atoms with van der Waals surface area (Å²) < 4.78 is 25.3. The van der Waals surface area contributed by atoms with Crippen molar-refractivity contribution in [1.82, 2.24) is 0 Å². The van der Waals surface area contributed by atoms with Crippen molar-refractivity contribution in [2.45, 2.75) is 38.5 Å². The highest BCUT2D eigenvalue weighted by molar-refractivity contribution is 5.95. The zero-order valence-electron chi connectivity index (χ0n) is 13.4. The Morgan fingerprint density at radius 2 is 2.13 bits per heavy atom. The number of nitrogens with two attached hydrogens (primary N) is 1. The van der Waals surface area contributed by atoms with E-state index in [9.17, 15) is 9.18 Å². The quantitative estimate of drug-likeness (QED) is 0.820. The van der Waals surface area contributed by atoms with Gasteiger partial charge >= 0.3 is 0 Å². The van der Waals surface area contributed by atoms with Crippen molar-refractivity contribution < 1.29 is 18.7 Å². The Kier molecular flexibility index (Phi) is 5.86. The predicted molar refractivity (Wildman–Crippen MR) is 86.1 cm³/mol. The number of hydrogen-bond acceptors (Lipinski definition) is 3. The highest BCUT2D eigenvalue weighted by atomic mass is 19.1. The first-order chi connectivity index (χ1) is 11.1. The monoisotopic (exact) mass is 319 g/mol. The Morgan fingerprint density at radius 1 is 1.43 bits per heavy atom. The molecule has 1 aromatic rings. The first-order valence-corrected chi connectivity index (χ1v) is 7.83. The third kappa shape index (κ3) is 3.95. The number of carbonyl (C=O) groups excluding carboxylic acids is 1. The molecule has 5 heteroatoms. The zero-order valence-corrected chi connectivity index (χ0v) is 13.4. The molecule has 0 bridgehead atoms. The van der Waals surface area contributed by atoms with Crippen LogP contribution in [0.1, 0.15) is 48.0 Å². The van der Waals surface area contributed by atoms with Crippen molar-refractivity contribution >= 4 is 5.91 Å². The van der Waals surface area contributed by atoms with E-state index < -0.39 is 11.7 Å². The lowest BCUT2D eigenvalue weighted by Crippen LogP contribution is -2.19. The van der Waals surface area contributed by atoms with Gasteiger partial charge in [0.2, 0.25) is 5.91 Å². The van der Waals surface area contributed by atoms with Crippen LogP contribution in [0, 0.1) is 24.1 Å². The number of carbonyl (C=O) groups is 1. The summed E-state index contributed by atoms with van der Waals surface area (Å²) in [5.41, 5.74) is 5.88. The maximum Gasteiger partial charge on any atom is 0.249 e. The third-order valence-corrected chi connectivity index (χ3v) is 4.29. The highest BCUT2D eigenvalue weighted by Gasteiger charge is 2.25. The van der Waals surface area contributed by atoms with Crippen molar-refractivity contribution in [1.29, 1.82) is 0 Å². The first kappa shape index (κ1) is 17.1. The Hall–Kier alpha value is -2.22. The van der Waals surface area contributed by atoms with Gasteiger partial charge in [0, 0.05) is 11.1 Å². The molecule has 23 heavy (non-hydrogen) atoms. The Morgan fingerprint density at radius 3 is 2.70 bits per heavy atom. The molecule has 0 spiro atoms. The number of ether oxygens (including phenoxy) is 2. The van der Waals surface area contributed by atoms with Crippen LogP contribution >= 0.6 is 0 Å². The van der Waals surface area contributed by atoms with Crippen molar-refractivity contribution in [2.75, 3.05) is 13.7 Å². The minimum atomic E-state index is -0.670. The molecule has 1 saturated carbocycles. The normalized spacial score (nSPS) is 15.0. The van der Waals surface area contributed by atoms with Gasteiger partial charge in [0.25, 0.3) is 0 Å². The molecule has 0 atom stereocenters. The summed E-state index contributed by atoms with van der Waals surface area (Å²) in [5.74, 6) is 1.45. The molecule has 0 aromatic heterocycles. The lowest BCUT2D eigenvalue weighted by atomic mass is 9.83.